The molecule has 0 saturated carbocycles. The number of fused-ring (bicyclic) bond motifs is 10. The van der Waals surface area contributed by atoms with Gasteiger partial charge in [-0.25, -0.2) is 0 Å². The predicted molar refractivity (Wildman–Crippen MR) is 246 cm³/mol. The van der Waals surface area contributed by atoms with Gasteiger partial charge in [-0.05, 0) is 99.0 Å². The van der Waals surface area contributed by atoms with Crippen molar-refractivity contribution in [2.24, 2.45) is 0 Å². The fraction of sp³-hybridized carbons (Fsp3) is 0.109. The maximum absolute atomic E-state index is 4.10. The Kier molecular flexibility index (Phi) is 7.42. The quantitative estimate of drug-likeness (QED) is 0.163. The molecule has 2 atom stereocenters. The Morgan fingerprint density at radius 2 is 1.29 bits per heavy atom. The lowest BCUT2D eigenvalue weighted by Gasteiger charge is -2.34. The van der Waals surface area contributed by atoms with E-state index in [4.69, 9.17) is 0 Å². The van der Waals surface area contributed by atoms with Gasteiger partial charge in [0.1, 0.15) is 5.56 Å². The number of aromatic amines is 1. The number of H-pyrrole nitrogens is 1. The summed E-state index contributed by atoms with van der Waals surface area (Å²) in [5.74, 6) is 1.24. The second kappa shape index (κ2) is 12.7. The van der Waals surface area contributed by atoms with E-state index in [2.05, 4.69) is 218 Å². The number of thiophene rings is 1. The summed E-state index contributed by atoms with van der Waals surface area (Å²) < 4.78 is 5.20. The highest BCUT2D eigenvalue weighted by molar-refractivity contribution is 7.26. The van der Waals surface area contributed by atoms with Crippen molar-refractivity contribution in [3.63, 3.8) is 0 Å². The molecule has 0 saturated heterocycles. The van der Waals surface area contributed by atoms with E-state index in [9.17, 15) is 0 Å². The van der Waals surface area contributed by atoms with Crippen LogP contribution < -0.4 is 5.32 Å². The van der Waals surface area contributed by atoms with Gasteiger partial charge in [0, 0.05) is 48.6 Å². The van der Waals surface area contributed by atoms with Gasteiger partial charge in [-0.15, -0.1) is 11.3 Å². The topological polar surface area (TPSA) is 35.4 Å². The lowest BCUT2D eigenvalue weighted by molar-refractivity contribution is -0.866. The molecule has 8 aromatic carbocycles. The standard InChI is InChI=1S/C55H41N3S/c1-54(2,3)37-27-30-47-43(31-37)49-50(56-47)46(33-42-41-24-14-16-26-48(41)59-51(42)49)55(36-21-11-6-12-22-36)44-25-15-13-23-39(44)40-29-28-38(32-45(40)55)58-52(34-17-7-4-8-18-34)57-53(58)35-19-9-5-10-20-35/h4-33,52,56H,1-3H3/p+2. The van der Waals surface area contributed by atoms with E-state index in [1.165, 1.54) is 104 Å². The minimum Gasteiger partial charge on any atom is -0.354 e. The summed E-state index contributed by atoms with van der Waals surface area (Å²) in [5.41, 5.74) is 14.6. The molecule has 10 aromatic rings. The molecule has 3 heterocycles. The van der Waals surface area contributed by atoms with Gasteiger partial charge >= 0.3 is 12.0 Å². The summed E-state index contributed by atoms with van der Waals surface area (Å²) >= 11 is 1.92. The number of rotatable bonds is 5. The van der Waals surface area contributed by atoms with Crippen LogP contribution in [0.15, 0.2) is 182 Å². The van der Waals surface area contributed by atoms with Crippen LogP contribution in [0.5, 0.6) is 0 Å². The third-order valence-corrected chi connectivity index (χ3v) is 14.3. The largest absolute Gasteiger partial charge is 0.384 e. The minimum absolute atomic E-state index is 0.0151. The highest BCUT2D eigenvalue weighted by Crippen LogP contribution is 2.59. The number of quaternary nitrogens is 1. The summed E-state index contributed by atoms with van der Waals surface area (Å²) in [5, 5.41) is 7.65. The third-order valence-electron chi connectivity index (χ3n) is 13.1. The Morgan fingerprint density at radius 1 is 0.593 bits per heavy atom. The van der Waals surface area contributed by atoms with Crippen molar-refractivity contribution in [3.8, 4) is 11.1 Å². The number of amidine groups is 1. The molecule has 3 N–H and O–H groups in total. The van der Waals surface area contributed by atoms with Gasteiger partial charge in [-0.2, -0.15) is 5.32 Å². The molecule has 0 bridgehead atoms. The lowest BCUT2D eigenvalue weighted by Crippen LogP contribution is -2.99. The van der Waals surface area contributed by atoms with Gasteiger partial charge in [0.25, 0.3) is 0 Å². The molecule has 12 rings (SSSR count). The van der Waals surface area contributed by atoms with Gasteiger partial charge in [0.05, 0.1) is 16.5 Å². The Labute approximate surface area is 347 Å². The van der Waals surface area contributed by atoms with Gasteiger partial charge in [-0.1, -0.05) is 141 Å². The zero-order chi connectivity index (χ0) is 39.5. The lowest BCUT2D eigenvalue weighted by atomic mass is 9.67. The Bertz CT molecular complexity index is 3330. The first-order chi connectivity index (χ1) is 28.9. The van der Waals surface area contributed by atoms with E-state index < -0.39 is 5.41 Å². The number of benzene rings is 8. The van der Waals surface area contributed by atoms with E-state index in [-0.39, 0.29) is 11.6 Å². The van der Waals surface area contributed by atoms with Crippen molar-refractivity contribution in [2.45, 2.75) is 37.8 Å². The van der Waals surface area contributed by atoms with E-state index >= 15 is 0 Å². The van der Waals surface area contributed by atoms with Crippen molar-refractivity contribution in [1.82, 2.24) is 4.98 Å². The average molecular weight is 778 g/mol. The molecule has 1 aliphatic heterocycles. The molecule has 4 heteroatoms. The smallest absolute Gasteiger partial charge is 0.354 e. The summed E-state index contributed by atoms with van der Waals surface area (Å²) in [4.78, 5) is 4.10. The molecule has 59 heavy (non-hydrogen) atoms. The Hall–Kier alpha value is -6.59. The van der Waals surface area contributed by atoms with Crippen LogP contribution in [0.25, 0.3) is 53.1 Å². The number of nitrogens with two attached hydrogens (primary N) is 1. The van der Waals surface area contributed by atoms with Crippen molar-refractivity contribution in [3.05, 3.63) is 221 Å². The Morgan fingerprint density at radius 3 is 2.08 bits per heavy atom. The molecule has 282 valence electrons. The predicted octanol–water partition coefficient (Wildman–Crippen LogP) is 12.7. The number of aromatic nitrogens is 1. The van der Waals surface area contributed by atoms with Crippen LogP contribution in [-0.2, 0) is 10.8 Å². The first-order valence-electron chi connectivity index (χ1n) is 20.7. The molecule has 2 aliphatic rings. The fourth-order valence-corrected chi connectivity index (χ4v) is 11.5. The number of hydrogen-bond donors (Lipinski definition) is 2. The normalized spacial score (nSPS) is 17.5. The second-order valence-corrected chi connectivity index (χ2v) is 18.4. The molecule has 0 spiro atoms. The average Bonchev–Trinajstić information content (AvgIpc) is 3.92. The maximum Gasteiger partial charge on any atom is 0.384 e. The van der Waals surface area contributed by atoms with Crippen molar-refractivity contribution in [1.29, 1.82) is 0 Å². The van der Waals surface area contributed by atoms with Crippen molar-refractivity contribution < 1.29 is 9.89 Å². The zero-order valence-electron chi connectivity index (χ0n) is 33.3. The highest BCUT2D eigenvalue weighted by atomic mass is 32.1. The van der Waals surface area contributed by atoms with Gasteiger partial charge in [0.15, 0.2) is 0 Å². The van der Waals surface area contributed by atoms with E-state index in [1.54, 1.807) is 0 Å². The molecular weight excluding hydrogens is 735 g/mol. The van der Waals surface area contributed by atoms with Crippen LogP contribution in [0.2, 0.25) is 0 Å². The summed E-state index contributed by atoms with van der Waals surface area (Å²) in [6.07, 6.45) is 0.116. The zero-order valence-corrected chi connectivity index (χ0v) is 34.1. The minimum atomic E-state index is -0.629. The highest BCUT2D eigenvalue weighted by Gasteiger charge is 2.51. The first kappa shape index (κ1) is 34.5. The van der Waals surface area contributed by atoms with Crippen molar-refractivity contribution in [2.75, 3.05) is 0 Å². The first-order valence-corrected chi connectivity index (χ1v) is 21.5. The SMILES string of the molecule is CC(C)(C)c1ccc2[nH]c3c(C4(c5ccccc5)c5ccccc5-c5ccc([N+]6=C(c7ccccc7)[NH2+]C6c6ccccc6)cc54)cc4c5ccccc5sc4c3c2c1. The number of hydrogen-bond acceptors (Lipinski definition) is 1. The molecule has 1 aliphatic carbocycles. The monoisotopic (exact) mass is 777 g/mol. The van der Waals surface area contributed by atoms with Crippen LogP contribution in [0.1, 0.15) is 65.9 Å². The second-order valence-electron chi connectivity index (χ2n) is 17.3. The molecule has 3 nitrogen and oxygen atoms in total. The van der Waals surface area contributed by atoms with Crippen LogP contribution in [-0.4, -0.2) is 15.4 Å². The van der Waals surface area contributed by atoms with Crippen LogP contribution in [0.4, 0.5) is 5.69 Å². The number of nitrogens with zero attached hydrogens (tertiary/aromatic N) is 1. The summed E-state index contributed by atoms with van der Waals surface area (Å²) in [7, 11) is 0. The van der Waals surface area contributed by atoms with Gasteiger partial charge < -0.3 is 4.98 Å². The van der Waals surface area contributed by atoms with Crippen LogP contribution in [0.3, 0.4) is 0 Å². The summed E-state index contributed by atoms with van der Waals surface area (Å²) in [6.45, 7) is 6.95. The fourth-order valence-electron chi connectivity index (χ4n) is 10.3. The van der Waals surface area contributed by atoms with Crippen LogP contribution in [0, 0.1) is 0 Å². The van der Waals surface area contributed by atoms with E-state index in [1.807, 2.05) is 11.3 Å². The van der Waals surface area contributed by atoms with Crippen LogP contribution >= 0.6 is 11.3 Å². The van der Waals surface area contributed by atoms with E-state index in [0.29, 0.717) is 0 Å². The third kappa shape index (κ3) is 4.94. The Balaban J connectivity index is 1.23. The van der Waals surface area contributed by atoms with Crippen molar-refractivity contribution >= 4 is 64.8 Å². The van der Waals surface area contributed by atoms with E-state index in [0.717, 1.165) is 0 Å². The molecule has 0 fully saturated rings. The molecule has 0 radical (unpaired) electrons. The molecular formula is C55H43N3S+2. The number of nitrogens with one attached hydrogen (secondary N) is 1. The maximum atomic E-state index is 4.10. The summed E-state index contributed by atoms with van der Waals surface area (Å²) in [6, 6.07) is 68.1. The molecule has 0 amide bonds. The van der Waals surface area contributed by atoms with Gasteiger partial charge in [0.2, 0.25) is 5.69 Å². The van der Waals surface area contributed by atoms with Gasteiger partial charge in [-0.3, -0.25) is 0 Å². The molecule has 2 aromatic heterocycles. The molecule has 2 unspecified atom stereocenters.